The molecule has 1 saturated heterocycles. The maximum atomic E-state index is 11.3. The van der Waals surface area contributed by atoms with Crippen LogP contribution in [0.1, 0.15) is 19.4 Å². The van der Waals surface area contributed by atoms with Crippen molar-refractivity contribution in [2.75, 3.05) is 25.1 Å². The number of rotatable bonds is 4. The minimum absolute atomic E-state index is 0.197. The van der Waals surface area contributed by atoms with Crippen LogP contribution in [0, 0.1) is 0 Å². The lowest BCUT2D eigenvalue weighted by molar-refractivity contribution is -0.142. The Balaban J connectivity index is 2.00. The fourth-order valence-corrected chi connectivity index (χ4v) is 2.58. The summed E-state index contributed by atoms with van der Waals surface area (Å²) in [5.41, 5.74) is 6.67. The molecule has 1 fully saturated rings. The number of carbonyl (C=O) groups is 1. The van der Waals surface area contributed by atoms with Gasteiger partial charge in [-0.3, -0.25) is 4.79 Å². The monoisotopic (exact) mass is 293 g/mol. The van der Waals surface area contributed by atoms with E-state index in [1.807, 2.05) is 12.1 Å². The summed E-state index contributed by atoms with van der Waals surface area (Å²) in [7, 11) is 1.34. The lowest BCUT2D eigenvalue weighted by atomic mass is 10.1. The standard InChI is InChI=1S/C15H23N3O3/c1-10-8-18(9-11(2)21-10)14-5-4-12(7-17-14)6-13(16)15(19)20-3/h4-5,7,10-11,13H,6,8-9,16H2,1-3H3. The minimum Gasteiger partial charge on any atom is -0.468 e. The summed E-state index contributed by atoms with van der Waals surface area (Å²) in [5, 5.41) is 0. The van der Waals surface area contributed by atoms with Crippen molar-refractivity contribution in [1.29, 1.82) is 0 Å². The first-order valence-corrected chi connectivity index (χ1v) is 7.18. The average molecular weight is 293 g/mol. The highest BCUT2D eigenvalue weighted by Gasteiger charge is 2.23. The fraction of sp³-hybridized carbons (Fsp3) is 0.600. The van der Waals surface area contributed by atoms with Gasteiger partial charge in [-0.25, -0.2) is 4.98 Å². The summed E-state index contributed by atoms with van der Waals surface area (Å²) in [4.78, 5) is 18.0. The number of ether oxygens (including phenoxy) is 2. The summed E-state index contributed by atoms with van der Waals surface area (Å²) in [6, 6.07) is 3.27. The van der Waals surface area contributed by atoms with Crippen molar-refractivity contribution >= 4 is 11.8 Å². The van der Waals surface area contributed by atoms with E-state index in [9.17, 15) is 4.79 Å². The van der Waals surface area contributed by atoms with Crippen molar-refractivity contribution in [2.24, 2.45) is 5.73 Å². The average Bonchev–Trinajstić information content (AvgIpc) is 2.46. The second-order valence-electron chi connectivity index (χ2n) is 5.52. The number of methoxy groups -OCH3 is 1. The van der Waals surface area contributed by atoms with E-state index in [0.29, 0.717) is 6.42 Å². The molecule has 0 aliphatic carbocycles. The van der Waals surface area contributed by atoms with E-state index in [1.165, 1.54) is 7.11 Å². The molecule has 0 aromatic carbocycles. The van der Waals surface area contributed by atoms with Crippen LogP contribution in [0.2, 0.25) is 0 Å². The van der Waals surface area contributed by atoms with Crippen LogP contribution in [0.4, 0.5) is 5.82 Å². The van der Waals surface area contributed by atoms with E-state index < -0.39 is 12.0 Å². The summed E-state index contributed by atoms with van der Waals surface area (Å²) in [6.45, 7) is 5.79. The minimum atomic E-state index is -0.647. The summed E-state index contributed by atoms with van der Waals surface area (Å²) >= 11 is 0. The molecule has 1 aromatic rings. The molecule has 2 N–H and O–H groups in total. The number of morpholine rings is 1. The second kappa shape index (κ2) is 6.87. The molecular formula is C15H23N3O3. The Labute approximate surface area is 125 Å². The van der Waals surface area contributed by atoms with Crippen molar-refractivity contribution in [3.63, 3.8) is 0 Å². The Morgan fingerprint density at radius 1 is 1.48 bits per heavy atom. The quantitative estimate of drug-likeness (QED) is 0.825. The normalized spacial score (nSPS) is 23.7. The second-order valence-corrected chi connectivity index (χ2v) is 5.52. The number of hydrogen-bond donors (Lipinski definition) is 1. The van der Waals surface area contributed by atoms with Gasteiger partial charge in [-0.05, 0) is 31.9 Å². The van der Waals surface area contributed by atoms with Gasteiger partial charge in [0.25, 0.3) is 0 Å². The zero-order chi connectivity index (χ0) is 15.4. The van der Waals surface area contributed by atoms with Crippen LogP contribution in [0.15, 0.2) is 18.3 Å². The highest BCUT2D eigenvalue weighted by atomic mass is 16.5. The van der Waals surface area contributed by atoms with Crippen LogP contribution in [0.3, 0.4) is 0 Å². The lowest BCUT2D eigenvalue weighted by Gasteiger charge is -2.36. The van der Waals surface area contributed by atoms with Gasteiger partial charge >= 0.3 is 5.97 Å². The molecule has 1 aliphatic heterocycles. The van der Waals surface area contributed by atoms with Crippen LogP contribution in [0.5, 0.6) is 0 Å². The third-order valence-electron chi connectivity index (χ3n) is 3.51. The van der Waals surface area contributed by atoms with Crippen LogP contribution in [0.25, 0.3) is 0 Å². The topological polar surface area (TPSA) is 77.7 Å². The molecule has 6 nitrogen and oxygen atoms in total. The Morgan fingerprint density at radius 2 is 2.14 bits per heavy atom. The zero-order valence-electron chi connectivity index (χ0n) is 12.8. The molecule has 1 aliphatic rings. The van der Waals surface area contributed by atoms with Gasteiger partial charge in [0.2, 0.25) is 0 Å². The largest absolute Gasteiger partial charge is 0.468 e. The van der Waals surface area contributed by atoms with Gasteiger partial charge in [0, 0.05) is 19.3 Å². The Bertz CT molecular complexity index is 468. The van der Waals surface area contributed by atoms with E-state index in [1.54, 1.807) is 6.20 Å². The van der Waals surface area contributed by atoms with E-state index in [4.69, 9.17) is 10.5 Å². The molecule has 116 valence electrons. The van der Waals surface area contributed by atoms with Crippen LogP contribution < -0.4 is 10.6 Å². The third-order valence-corrected chi connectivity index (χ3v) is 3.51. The molecule has 3 unspecified atom stereocenters. The van der Waals surface area contributed by atoms with Crippen molar-refractivity contribution in [3.05, 3.63) is 23.9 Å². The first kappa shape index (κ1) is 15.7. The van der Waals surface area contributed by atoms with Crippen molar-refractivity contribution in [2.45, 2.75) is 38.5 Å². The van der Waals surface area contributed by atoms with Crippen LogP contribution >= 0.6 is 0 Å². The molecule has 0 radical (unpaired) electrons. The third kappa shape index (κ3) is 4.15. The number of nitrogens with two attached hydrogens (primary N) is 1. The van der Waals surface area contributed by atoms with Gasteiger partial charge in [0.15, 0.2) is 0 Å². The molecule has 0 spiro atoms. The molecule has 0 amide bonds. The zero-order valence-corrected chi connectivity index (χ0v) is 12.8. The highest BCUT2D eigenvalue weighted by molar-refractivity contribution is 5.75. The lowest BCUT2D eigenvalue weighted by Crippen LogP contribution is -2.45. The first-order chi connectivity index (χ1) is 9.99. The first-order valence-electron chi connectivity index (χ1n) is 7.18. The van der Waals surface area contributed by atoms with Crippen LogP contribution in [-0.2, 0) is 20.7 Å². The highest BCUT2D eigenvalue weighted by Crippen LogP contribution is 2.18. The van der Waals surface area contributed by atoms with Crippen molar-refractivity contribution < 1.29 is 14.3 Å². The number of carbonyl (C=O) groups excluding carboxylic acids is 1. The Kier molecular flexibility index (Phi) is 5.14. The van der Waals surface area contributed by atoms with Gasteiger partial charge in [0.05, 0.1) is 19.3 Å². The molecule has 21 heavy (non-hydrogen) atoms. The predicted molar refractivity (Wildman–Crippen MR) is 80.2 cm³/mol. The van der Waals surface area contributed by atoms with E-state index in [0.717, 1.165) is 24.5 Å². The van der Waals surface area contributed by atoms with E-state index in [-0.39, 0.29) is 12.2 Å². The Morgan fingerprint density at radius 3 is 2.67 bits per heavy atom. The van der Waals surface area contributed by atoms with Crippen molar-refractivity contribution in [3.8, 4) is 0 Å². The number of pyridine rings is 1. The molecule has 2 rings (SSSR count). The molecule has 2 heterocycles. The number of hydrogen-bond acceptors (Lipinski definition) is 6. The van der Waals surface area contributed by atoms with Gasteiger partial charge in [-0.15, -0.1) is 0 Å². The number of esters is 1. The summed E-state index contributed by atoms with van der Waals surface area (Å²) in [5.74, 6) is 0.516. The summed E-state index contributed by atoms with van der Waals surface area (Å²) < 4.78 is 10.3. The molecule has 0 saturated carbocycles. The fourth-order valence-electron chi connectivity index (χ4n) is 2.58. The molecule has 1 aromatic heterocycles. The molecular weight excluding hydrogens is 270 g/mol. The molecule has 6 heteroatoms. The maximum absolute atomic E-state index is 11.3. The van der Waals surface area contributed by atoms with Gasteiger partial charge in [-0.1, -0.05) is 6.07 Å². The van der Waals surface area contributed by atoms with E-state index in [2.05, 4.69) is 28.5 Å². The number of aromatic nitrogens is 1. The molecule has 3 atom stereocenters. The van der Waals surface area contributed by atoms with Gasteiger partial charge in [-0.2, -0.15) is 0 Å². The van der Waals surface area contributed by atoms with E-state index >= 15 is 0 Å². The van der Waals surface area contributed by atoms with Gasteiger partial charge in [0.1, 0.15) is 11.9 Å². The number of anilines is 1. The predicted octanol–water partition coefficient (Wildman–Crippen LogP) is 0.738. The SMILES string of the molecule is COC(=O)C(N)Cc1ccc(N2CC(C)OC(C)C2)nc1. The van der Waals surface area contributed by atoms with Crippen molar-refractivity contribution in [1.82, 2.24) is 4.98 Å². The van der Waals surface area contributed by atoms with Gasteiger partial charge < -0.3 is 20.1 Å². The summed E-state index contributed by atoms with van der Waals surface area (Å²) in [6.07, 6.45) is 2.59. The smallest absolute Gasteiger partial charge is 0.322 e. The maximum Gasteiger partial charge on any atom is 0.322 e. The molecule has 0 bridgehead atoms. The number of nitrogens with zero attached hydrogens (tertiary/aromatic N) is 2. The Hall–Kier alpha value is -1.66. The van der Waals surface area contributed by atoms with Crippen LogP contribution in [-0.4, -0.2) is 49.4 Å².